The van der Waals surface area contributed by atoms with E-state index in [1.165, 1.54) is 12.5 Å². The number of aryl methyl sites for hydroxylation is 1. The number of hydrogen-bond donors (Lipinski definition) is 1. The first-order valence-corrected chi connectivity index (χ1v) is 6.60. The predicted molar refractivity (Wildman–Crippen MR) is 76.0 cm³/mol. The van der Waals surface area contributed by atoms with Crippen LogP contribution in [0.3, 0.4) is 0 Å². The minimum absolute atomic E-state index is 0.0613. The van der Waals surface area contributed by atoms with E-state index in [4.69, 9.17) is 14.6 Å². The van der Waals surface area contributed by atoms with Crippen LogP contribution in [-0.2, 0) is 20.7 Å². The lowest BCUT2D eigenvalue weighted by atomic mass is 10.1. The molecule has 1 aromatic rings. The number of aliphatic hydroxyl groups is 1. The highest BCUT2D eigenvalue weighted by atomic mass is 16.6. The van der Waals surface area contributed by atoms with Gasteiger partial charge < -0.3 is 14.6 Å². The second-order valence-corrected chi connectivity index (χ2v) is 4.20. The van der Waals surface area contributed by atoms with Gasteiger partial charge in [-0.2, -0.15) is 0 Å². The molecule has 20 heavy (non-hydrogen) atoms. The summed E-state index contributed by atoms with van der Waals surface area (Å²) >= 11 is 0. The van der Waals surface area contributed by atoms with E-state index in [1.807, 2.05) is 18.2 Å². The number of rotatable bonds is 7. The van der Waals surface area contributed by atoms with E-state index in [2.05, 4.69) is 24.0 Å². The molecular weight excluding hydrogens is 256 g/mol. The summed E-state index contributed by atoms with van der Waals surface area (Å²) in [5.74, 6) is 5.49. The fourth-order valence-corrected chi connectivity index (χ4v) is 1.60. The number of hydrogen-bond acceptors (Lipinski definition) is 4. The first-order chi connectivity index (χ1) is 9.72. The molecule has 0 spiro atoms. The van der Waals surface area contributed by atoms with Gasteiger partial charge in [0.1, 0.15) is 0 Å². The molecule has 0 saturated heterocycles. The SMILES string of the molecule is CC(=O)OC(C#CCCc1ccccc1)COCCO. The molecule has 1 N–H and O–H groups in total. The first kappa shape index (κ1) is 16.2. The van der Waals surface area contributed by atoms with Gasteiger partial charge >= 0.3 is 5.97 Å². The van der Waals surface area contributed by atoms with Crippen molar-refractivity contribution in [3.05, 3.63) is 35.9 Å². The number of aliphatic hydroxyl groups excluding tert-OH is 1. The summed E-state index contributed by atoms with van der Waals surface area (Å²) in [4.78, 5) is 10.9. The Morgan fingerprint density at radius 3 is 2.75 bits per heavy atom. The van der Waals surface area contributed by atoms with Crippen molar-refractivity contribution in [1.29, 1.82) is 0 Å². The number of carbonyl (C=O) groups is 1. The summed E-state index contributed by atoms with van der Waals surface area (Å²) in [6, 6.07) is 10.1. The monoisotopic (exact) mass is 276 g/mol. The van der Waals surface area contributed by atoms with Gasteiger partial charge in [-0.05, 0) is 12.0 Å². The lowest BCUT2D eigenvalue weighted by Gasteiger charge is -2.10. The predicted octanol–water partition coefficient (Wildman–Crippen LogP) is 1.56. The Morgan fingerprint density at radius 2 is 2.10 bits per heavy atom. The average molecular weight is 276 g/mol. The molecular formula is C16H20O4. The van der Waals surface area contributed by atoms with Crippen LogP contribution in [0.1, 0.15) is 18.9 Å². The lowest BCUT2D eigenvalue weighted by molar-refractivity contribution is -0.146. The molecule has 0 saturated carbocycles. The number of esters is 1. The molecule has 4 heteroatoms. The zero-order chi connectivity index (χ0) is 14.6. The van der Waals surface area contributed by atoms with Crippen molar-refractivity contribution >= 4 is 5.97 Å². The van der Waals surface area contributed by atoms with Crippen LogP contribution in [0.2, 0.25) is 0 Å². The molecule has 108 valence electrons. The Hall–Kier alpha value is -1.83. The van der Waals surface area contributed by atoms with Crippen molar-refractivity contribution in [2.24, 2.45) is 0 Å². The Labute approximate surface area is 119 Å². The van der Waals surface area contributed by atoms with Crippen LogP contribution < -0.4 is 0 Å². The second-order valence-electron chi connectivity index (χ2n) is 4.20. The average Bonchev–Trinajstić information content (AvgIpc) is 2.44. The van der Waals surface area contributed by atoms with E-state index in [0.29, 0.717) is 6.42 Å². The molecule has 0 aliphatic carbocycles. The van der Waals surface area contributed by atoms with Gasteiger partial charge in [0, 0.05) is 13.3 Å². The highest BCUT2D eigenvalue weighted by Crippen LogP contribution is 2.01. The van der Waals surface area contributed by atoms with Gasteiger partial charge in [-0.1, -0.05) is 42.2 Å². The number of ether oxygens (including phenoxy) is 2. The molecule has 0 fully saturated rings. The second kappa shape index (κ2) is 10.0. The van der Waals surface area contributed by atoms with E-state index in [1.54, 1.807) is 0 Å². The topological polar surface area (TPSA) is 55.8 Å². The van der Waals surface area contributed by atoms with E-state index >= 15 is 0 Å². The Balaban J connectivity index is 2.39. The summed E-state index contributed by atoms with van der Waals surface area (Å²) in [6.07, 6.45) is 0.981. The van der Waals surface area contributed by atoms with Crippen molar-refractivity contribution in [3.63, 3.8) is 0 Å². The number of benzene rings is 1. The Morgan fingerprint density at radius 1 is 1.35 bits per heavy atom. The molecule has 0 aromatic heterocycles. The molecule has 4 nitrogen and oxygen atoms in total. The zero-order valence-corrected chi connectivity index (χ0v) is 11.7. The lowest BCUT2D eigenvalue weighted by Crippen LogP contribution is -2.21. The summed E-state index contributed by atoms with van der Waals surface area (Å²) in [5.41, 5.74) is 1.22. The molecule has 0 heterocycles. The molecule has 0 amide bonds. The van der Waals surface area contributed by atoms with Crippen LogP contribution in [-0.4, -0.2) is 37.0 Å². The maximum atomic E-state index is 10.9. The Kier molecular flexibility index (Phi) is 8.13. The van der Waals surface area contributed by atoms with Crippen LogP contribution >= 0.6 is 0 Å². The molecule has 1 unspecified atom stereocenters. The molecule has 1 aromatic carbocycles. The van der Waals surface area contributed by atoms with Crippen molar-refractivity contribution in [2.45, 2.75) is 25.9 Å². The van der Waals surface area contributed by atoms with Gasteiger partial charge in [0.15, 0.2) is 6.10 Å². The van der Waals surface area contributed by atoms with Crippen molar-refractivity contribution in [2.75, 3.05) is 19.8 Å². The smallest absolute Gasteiger partial charge is 0.303 e. The normalized spacial score (nSPS) is 11.3. The van der Waals surface area contributed by atoms with Gasteiger partial charge in [-0.25, -0.2) is 0 Å². The van der Waals surface area contributed by atoms with Crippen LogP contribution in [0.25, 0.3) is 0 Å². The minimum atomic E-state index is -0.574. The first-order valence-electron chi connectivity index (χ1n) is 6.60. The highest BCUT2D eigenvalue weighted by molar-refractivity contribution is 5.66. The van der Waals surface area contributed by atoms with E-state index < -0.39 is 6.10 Å². The van der Waals surface area contributed by atoms with Crippen LogP contribution in [0.4, 0.5) is 0 Å². The van der Waals surface area contributed by atoms with Gasteiger partial charge in [-0.15, -0.1) is 0 Å². The fraction of sp³-hybridized carbons (Fsp3) is 0.438. The van der Waals surface area contributed by atoms with Gasteiger partial charge in [0.2, 0.25) is 0 Å². The maximum absolute atomic E-state index is 10.9. The maximum Gasteiger partial charge on any atom is 0.303 e. The highest BCUT2D eigenvalue weighted by Gasteiger charge is 2.08. The van der Waals surface area contributed by atoms with Crippen molar-refractivity contribution in [3.8, 4) is 11.8 Å². The molecule has 0 bridgehead atoms. The third-order valence-electron chi connectivity index (χ3n) is 2.46. The molecule has 0 aliphatic heterocycles. The summed E-state index contributed by atoms with van der Waals surface area (Å²) in [6.45, 7) is 1.67. The van der Waals surface area contributed by atoms with E-state index in [0.717, 1.165) is 6.42 Å². The minimum Gasteiger partial charge on any atom is -0.447 e. The Bertz CT molecular complexity index is 445. The summed E-state index contributed by atoms with van der Waals surface area (Å²) in [7, 11) is 0. The number of carbonyl (C=O) groups excluding carboxylic acids is 1. The van der Waals surface area contributed by atoms with Crippen molar-refractivity contribution < 1.29 is 19.4 Å². The quantitative estimate of drug-likeness (QED) is 0.466. The van der Waals surface area contributed by atoms with Crippen LogP contribution in [0, 0.1) is 11.8 Å². The van der Waals surface area contributed by atoms with E-state index in [-0.39, 0.29) is 25.8 Å². The zero-order valence-electron chi connectivity index (χ0n) is 11.7. The summed E-state index contributed by atoms with van der Waals surface area (Å²) in [5, 5.41) is 8.63. The molecule has 0 aliphatic rings. The van der Waals surface area contributed by atoms with Crippen LogP contribution in [0.5, 0.6) is 0 Å². The third-order valence-corrected chi connectivity index (χ3v) is 2.46. The molecule has 1 rings (SSSR count). The summed E-state index contributed by atoms with van der Waals surface area (Å²) < 4.78 is 10.2. The standard InChI is InChI=1S/C16H20O4/c1-14(18)20-16(13-19-12-11-17)10-6-5-9-15-7-3-2-4-8-15/h2-4,7-8,16-17H,5,9,11-13H2,1H3. The van der Waals surface area contributed by atoms with Gasteiger partial charge in [-0.3, -0.25) is 4.79 Å². The molecule has 1 atom stereocenters. The third kappa shape index (κ3) is 7.57. The fourth-order valence-electron chi connectivity index (χ4n) is 1.60. The van der Waals surface area contributed by atoms with E-state index in [9.17, 15) is 4.79 Å². The van der Waals surface area contributed by atoms with Crippen LogP contribution in [0.15, 0.2) is 30.3 Å². The largest absolute Gasteiger partial charge is 0.447 e. The van der Waals surface area contributed by atoms with Gasteiger partial charge in [0.05, 0.1) is 19.8 Å². The molecule has 0 radical (unpaired) electrons. The van der Waals surface area contributed by atoms with Gasteiger partial charge in [0.25, 0.3) is 0 Å². The van der Waals surface area contributed by atoms with Crippen molar-refractivity contribution in [1.82, 2.24) is 0 Å².